The van der Waals surface area contributed by atoms with Gasteiger partial charge in [0.1, 0.15) is 17.4 Å². The molecule has 0 unspecified atom stereocenters. The summed E-state index contributed by atoms with van der Waals surface area (Å²) in [4.78, 5) is 15.0. The van der Waals surface area contributed by atoms with Crippen LogP contribution < -0.4 is 9.64 Å². The Morgan fingerprint density at radius 3 is 2.52 bits per heavy atom. The van der Waals surface area contributed by atoms with E-state index in [-0.39, 0.29) is 0 Å². The molecule has 29 heavy (non-hydrogen) atoms. The van der Waals surface area contributed by atoms with Crippen LogP contribution >= 0.6 is 0 Å². The Bertz CT molecular complexity index is 1120. The van der Waals surface area contributed by atoms with Crippen LogP contribution in [-0.4, -0.2) is 39.6 Å². The van der Waals surface area contributed by atoms with E-state index in [1.165, 1.54) is 17.2 Å². The van der Waals surface area contributed by atoms with Gasteiger partial charge in [-0.2, -0.15) is 0 Å². The number of hydrogen-bond donors (Lipinski definition) is 1. The zero-order valence-electron chi connectivity index (χ0n) is 16.8. The van der Waals surface area contributed by atoms with Crippen LogP contribution in [-0.2, 0) is 0 Å². The maximum Gasteiger partial charge on any atom is 0.146 e. The Hall–Kier alpha value is -3.28. The minimum atomic E-state index is 0.528. The second-order valence-electron chi connectivity index (χ2n) is 7.63. The third kappa shape index (κ3) is 3.14. The number of piperidine rings is 1. The number of aromatic amines is 1. The number of anilines is 1. The van der Waals surface area contributed by atoms with E-state index in [9.17, 15) is 0 Å². The van der Waals surface area contributed by atoms with E-state index >= 15 is 0 Å². The summed E-state index contributed by atoms with van der Waals surface area (Å²) < 4.78 is 7.56. The van der Waals surface area contributed by atoms with Crippen LogP contribution in [0.2, 0.25) is 0 Å². The Labute approximate surface area is 170 Å². The second kappa shape index (κ2) is 7.28. The van der Waals surface area contributed by atoms with Crippen LogP contribution in [0.25, 0.3) is 16.9 Å². The quantitative estimate of drug-likeness (QED) is 0.563. The summed E-state index contributed by atoms with van der Waals surface area (Å²) in [5.41, 5.74) is 4.62. The number of nitrogens with one attached hydrogen (secondary N) is 1. The maximum atomic E-state index is 5.30. The van der Waals surface area contributed by atoms with Gasteiger partial charge >= 0.3 is 0 Å². The monoisotopic (exact) mass is 387 g/mol. The highest BCUT2D eigenvalue weighted by molar-refractivity contribution is 5.67. The molecule has 0 aliphatic carbocycles. The van der Waals surface area contributed by atoms with Gasteiger partial charge in [0.15, 0.2) is 0 Å². The van der Waals surface area contributed by atoms with E-state index in [0.29, 0.717) is 5.92 Å². The van der Waals surface area contributed by atoms with Crippen LogP contribution in [0.1, 0.15) is 30.1 Å². The highest BCUT2D eigenvalue weighted by Gasteiger charge is 2.25. The zero-order chi connectivity index (χ0) is 19.8. The highest BCUT2D eigenvalue weighted by Crippen LogP contribution is 2.33. The molecule has 1 N–H and O–H groups in total. The van der Waals surface area contributed by atoms with Gasteiger partial charge in [0.2, 0.25) is 0 Å². The minimum absolute atomic E-state index is 0.528. The van der Waals surface area contributed by atoms with Gasteiger partial charge in [-0.1, -0.05) is 6.07 Å². The molecule has 148 valence electrons. The summed E-state index contributed by atoms with van der Waals surface area (Å²) in [7, 11) is 1.69. The van der Waals surface area contributed by atoms with Crippen LogP contribution in [0, 0.1) is 6.92 Å². The maximum absolute atomic E-state index is 5.30. The van der Waals surface area contributed by atoms with E-state index in [0.717, 1.165) is 48.6 Å². The standard InChI is InChI=1S/C23H25N5O/c1-16-22(26-15-25-16)17-10-12-27(13-11-17)21-5-3-4-19-14-24-23(28(19)21)18-6-8-20(29-2)9-7-18/h3-9,14-15,17H,10-13H2,1-2H3,(H,25,26). The number of methoxy groups -OCH3 is 1. The van der Waals surface area contributed by atoms with Crippen LogP contribution in [0.4, 0.5) is 5.82 Å². The summed E-state index contributed by atoms with van der Waals surface area (Å²) >= 11 is 0. The number of imidazole rings is 2. The number of ether oxygens (including phenoxy) is 1. The molecule has 1 aliphatic rings. The van der Waals surface area contributed by atoms with E-state index < -0.39 is 0 Å². The first-order chi connectivity index (χ1) is 14.2. The molecule has 4 aromatic rings. The average molecular weight is 387 g/mol. The predicted octanol–water partition coefficient (Wildman–Crippen LogP) is 4.43. The van der Waals surface area contributed by atoms with E-state index in [4.69, 9.17) is 9.72 Å². The number of aryl methyl sites for hydroxylation is 1. The molecule has 4 heterocycles. The molecule has 0 bridgehead atoms. The fraction of sp³-hybridized carbons (Fsp3) is 0.304. The molecule has 0 radical (unpaired) electrons. The number of rotatable bonds is 4. The number of H-pyrrole nitrogens is 1. The van der Waals surface area contributed by atoms with E-state index in [1.807, 2.05) is 24.7 Å². The van der Waals surface area contributed by atoms with Crippen molar-refractivity contribution < 1.29 is 4.74 Å². The number of aromatic nitrogens is 4. The third-order valence-electron chi connectivity index (χ3n) is 5.95. The summed E-state index contributed by atoms with van der Waals surface area (Å²) in [6, 6.07) is 14.5. The van der Waals surface area contributed by atoms with Gasteiger partial charge in [-0.15, -0.1) is 0 Å². The molecule has 0 saturated carbocycles. The van der Waals surface area contributed by atoms with Gasteiger partial charge in [0, 0.05) is 30.3 Å². The number of benzene rings is 1. The van der Waals surface area contributed by atoms with Gasteiger partial charge < -0.3 is 14.6 Å². The molecule has 1 fully saturated rings. The van der Waals surface area contributed by atoms with Gasteiger partial charge in [-0.3, -0.25) is 4.40 Å². The summed E-state index contributed by atoms with van der Waals surface area (Å²) in [5.74, 6) is 3.54. The lowest BCUT2D eigenvalue weighted by atomic mass is 9.92. The van der Waals surface area contributed by atoms with Crippen molar-refractivity contribution in [1.29, 1.82) is 0 Å². The Balaban J connectivity index is 1.46. The lowest BCUT2D eigenvalue weighted by Gasteiger charge is -2.33. The molecule has 5 rings (SSSR count). The molecule has 1 aromatic carbocycles. The number of nitrogens with zero attached hydrogens (tertiary/aromatic N) is 4. The van der Waals surface area contributed by atoms with Crippen LogP contribution in [0.15, 0.2) is 55.0 Å². The lowest BCUT2D eigenvalue weighted by molar-refractivity contribution is 0.415. The third-order valence-corrected chi connectivity index (χ3v) is 5.95. The van der Waals surface area contributed by atoms with E-state index in [1.54, 1.807) is 7.11 Å². The van der Waals surface area contributed by atoms with E-state index in [2.05, 4.69) is 56.5 Å². The molecular weight excluding hydrogens is 362 g/mol. The molecule has 1 saturated heterocycles. The van der Waals surface area contributed by atoms with Crippen molar-refractivity contribution in [2.75, 3.05) is 25.1 Å². The molecular formula is C23H25N5O. The minimum Gasteiger partial charge on any atom is -0.497 e. The predicted molar refractivity (Wildman–Crippen MR) is 115 cm³/mol. The van der Waals surface area contributed by atoms with Crippen molar-refractivity contribution >= 4 is 11.3 Å². The summed E-state index contributed by atoms with van der Waals surface area (Å²) in [6.45, 7) is 4.13. The molecule has 0 spiro atoms. The van der Waals surface area contributed by atoms with Crippen molar-refractivity contribution in [2.24, 2.45) is 0 Å². The van der Waals surface area contributed by atoms with Crippen molar-refractivity contribution in [2.45, 2.75) is 25.7 Å². The number of pyridine rings is 1. The molecule has 1 aliphatic heterocycles. The van der Waals surface area contributed by atoms with Gasteiger partial charge in [0.25, 0.3) is 0 Å². The second-order valence-corrected chi connectivity index (χ2v) is 7.63. The number of fused-ring (bicyclic) bond motifs is 1. The van der Waals surface area contributed by atoms with Crippen LogP contribution in [0.5, 0.6) is 5.75 Å². The van der Waals surface area contributed by atoms with Gasteiger partial charge in [-0.05, 0) is 56.2 Å². The molecule has 0 atom stereocenters. The Morgan fingerprint density at radius 1 is 1.03 bits per heavy atom. The van der Waals surface area contributed by atoms with Gasteiger partial charge in [0.05, 0.1) is 30.8 Å². The van der Waals surface area contributed by atoms with Gasteiger partial charge in [-0.25, -0.2) is 9.97 Å². The SMILES string of the molecule is COc1ccc(-c2ncc3cccc(N4CCC(c5nc[nH]c5C)CC4)n23)cc1. The summed E-state index contributed by atoms with van der Waals surface area (Å²) in [5, 5.41) is 0. The fourth-order valence-corrected chi connectivity index (χ4v) is 4.38. The highest BCUT2D eigenvalue weighted by atomic mass is 16.5. The normalized spacial score (nSPS) is 15.2. The van der Waals surface area contributed by atoms with Crippen molar-refractivity contribution in [3.8, 4) is 17.1 Å². The molecule has 6 heteroatoms. The van der Waals surface area contributed by atoms with Crippen molar-refractivity contribution in [1.82, 2.24) is 19.4 Å². The average Bonchev–Trinajstić information content (AvgIpc) is 3.40. The first kappa shape index (κ1) is 17.8. The largest absolute Gasteiger partial charge is 0.497 e. The molecule has 0 amide bonds. The summed E-state index contributed by atoms with van der Waals surface area (Å²) in [6.07, 6.45) is 5.97. The first-order valence-corrected chi connectivity index (χ1v) is 10.1. The lowest BCUT2D eigenvalue weighted by Crippen LogP contribution is -2.34. The topological polar surface area (TPSA) is 58.5 Å². The van der Waals surface area contributed by atoms with Crippen molar-refractivity contribution in [3.63, 3.8) is 0 Å². The molecule has 6 nitrogen and oxygen atoms in total. The fourth-order valence-electron chi connectivity index (χ4n) is 4.38. The Kier molecular flexibility index (Phi) is 4.46. The van der Waals surface area contributed by atoms with Crippen molar-refractivity contribution in [3.05, 3.63) is 66.4 Å². The first-order valence-electron chi connectivity index (χ1n) is 10.1. The Morgan fingerprint density at radius 2 is 1.83 bits per heavy atom. The number of hydrogen-bond acceptors (Lipinski definition) is 4. The smallest absolute Gasteiger partial charge is 0.146 e. The molecule has 3 aromatic heterocycles. The van der Waals surface area contributed by atoms with Crippen LogP contribution in [0.3, 0.4) is 0 Å². The zero-order valence-corrected chi connectivity index (χ0v) is 16.8.